The highest BCUT2D eigenvalue weighted by Gasteiger charge is 2.24. The normalized spacial score (nSPS) is 11.6. The van der Waals surface area contributed by atoms with E-state index in [1.807, 2.05) is 41.9 Å². The third-order valence-corrected chi connectivity index (χ3v) is 6.18. The summed E-state index contributed by atoms with van der Waals surface area (Å²) < 4.78 is 12.5. The van der Waals surface area contributed by atoms with E-state index in [0.29, 0.717) is 45.2 Å². The summed E-state index contributed by atoms with van der Waals surface area (Å²) >= 11 is 7.33. The first-order valence-corrected chi connectivity index (χ1v) is 11.2. The zero-order chi connectivity index (χ0) is 23.1. The molecule has 3 rings (SSSR count). The first-order chi connectivity index (χ1) is 15.4. The molecule has 0 radical (unpaired) electrons. The molecule has 0 unspecified atom stereocenters. The molecule has 0 bridgehead atoms. The van der Waals surface area contributed by atoms with Gasteiger partial charge < -0.3 is 19.4 Å². The van der Waals surface area contributed by atoms with E-state index >= 15 is 0 Å². The van der Waals surface area contributed by atoms with Gasteiger partial charge >= 0.3 is 0 Å². The van der Waals surface area contributed by atoms with Crippen molar-refractivity contribution in [2.75, 3.05) is 20.0 Å². The van der Waals surface area contributed by atoms with Crippen LogP contribution in [0.2, 0.25) is 0 Å². The highest BCUT2D eigenvalue weighted by Crippen LogP contribution is 2.27. The molecule has 0 aliphatic carbocycles. The van der Waals surface area contributed by atoms with Gasteiger partial charge in [-0.3, -0.25) is 4.79 Å². The molecule has 3 aromatic rings. The summed E-state index contributed by atoms with van der Waals surface area (Å²) in [7, 11) is 4.95. The predicted molar refractivity (Wildman–Crippen MR) is 127 cm³/mol. The Balaban J connectivity index is 1.90. The van der Waals surface area contributed by atoms with E-state index in [1.165, 1.54) is 18.9 Å². The van der Waals surface area contributed by atoms with Gasteiger partial charge in [0, 0.05) is 23.9 Å². The number of halogens is 1. The van der Waals surface area contributed by atoms with Crippen molar-refractivity contribution < 1.29 is 14.3 Å². The molecule has 0 aliphatic heterocycles. The van der Waals surface area contributed by atoms with Crippen LogP contribution in [0.5, 0.6) is 11.5 Å². The van der Waals surface area contributed by atoms with E-state index < -0.39 is 6.04 Å². The Morgan fingerprint density at radius 1 is 1.19 bits per heavy atom. The van der Waals surface area contributed by atoms with Gasteiger partial charge in [0.2, 0.25) is 0 Å². The van der Waals surface area contributed by atoms with Crippen LogP contribution in [0.3, 0.4) is 0 Å². The van der Waals surface area contributed by atoms with Crippen molar-refractivity contribution in [3.05, 3.63) is 77.1 Å². The third-order valence-electron chi connectivity index (χ3n) is 4.78. The Morgan fingerprint density at radius 2 is 1.94 bits per heavy atom. The zero-order valence-electron chi connectivity index (χ0n) is 18.2. The number of aromatic nitrogens is 3. The molecular weight excluding hydrogens is 448 g/mol. The smallest absolute Gasteiger partial charge is 0.255 e. The Bertz CT molecular complexity index is 1090. The van der Waals surface area contributed by atoms with Crippen molar-refractivity contribution in [3.8, 4) is 11.5 Å². The van der Waals surface area contributed by atoms with Crippen LogP contribution in [0.15, 0.2) is 65.3 Å². The van der Waals surface area contributed by atoms with Crippen LogP contribution in [-0.4, -0.2) is 40.6 Å². The maximum atomic E-state index is 13.2. The number of hydrogen-bond donors (Lipinski definition) is 1. The van der Waals surface area contributed by atoms with Gasteiger partial charge in [-0.1, -0.05) is 60.3 Å². The molecule has 0 fully saturated rings. The fourth-order valence-electron chi connectivity index (χ4n) is 3.18. The quantitative estimate of drug-likeness (QED) is 0.441. The molecule has 0 saturated heterocycles. The number of carbonyl (C=O) groups excluding carboxylic acids is 1. The van der Waals surface area contributed by atoms with Crippen LogP contribution in [0.1, 0.15) is 27.8 Å². The number of amides is 1. The topological polar surface area (TPSA) is 78.3 Å². The van der Waals surface area contributed by atoms with E-state index in [1.54, 1.807) is 25.3 Å². The molecule has 0 saturated carbocycles. The lowest BCUT2D eigenvalue weighted by Gasteiger charge is -2.19. The van der Waals surface area contributed by atoms with Crippen molar-refractivity contribution >= 4 is 29.3 Å². The van der Waals surface area contributed by atoms with Crippen LogP contribution in [-0.2, 0) is 13.5 Å². The van der Waals surface area contributed by atoms with Crippen molar-refractivity contribution in [2.24, 2.45) is 7.05 Å². The molecule has 2 aromatic carbocycles. The molecular formula is C23H25ClN4O3S. The van der Waals surface area contributed by atoms with E-state index in [0.717, 1.165) is 5.56 Å². The lowest BCUT2D eigenvalue weighted by molar-refractivity contribution is 0.0931. The molecule has 0 spiro atoms. The second-order valence-corrected chi connectivity index (χ2v) is 8.46. The van der Waals surface area contributed by atoms with Crippen molar-refractivity contribution in [2.45, 2.75) is 17.6 Å². The second kappa shape index (κ2) is 11.1. The van der Waals surface area contributed by atoms with Crippen LogP contribution in [0.25, 0.3) is 0 Å². The average Bonchev–Trinajstić information content (AvgIpc) is 3.17. The van der Waals surface area contributed by atoms with Gasteiger partial charge in [0.1, 0.15) is 11.5 Å². The number of nitrogens with one attached hydrogen (secondary N) is 1. The summed E-state index contributed by atoms with van der Waals surface area (Å²) in [5, 5.41) is 12.9. The summed E-state index contributed by atoms with van der Waals surface area (Å²) in [4.78, 5) is 13.2. The van der Waals surface area contributed by atoms with Crippen LogP contribution >= 0.6 is 23.4 Å². The third kappa shape index (κ3) is 5.83. The van der Waals surface area contributed by atoms with Gasteiger partial charge in [0.15, 0.2) is 11.0 Å². The molecule has 168 valence electrons. The summed E-state index contributed by atoms with van der Waals surface area (Å²) in [5.41, 5.74) is 1.47. The number of carbonyl (C=O) groups is 1. The van der Waals surface area contributed by atoms with Crippen molar-refractivity contribution in [1.82, 2.24) is 20.1 Å². The van der Waals surface area contributed by atoms with Crippen LogP contribution in [0.4, 0.5) is 0 Å². The fraction of sp³-hybridized carbons (Fsp3) is 0.261. The van der Waals surface area contributed by atoms with Crippen molar-refractivity contribution in [1.29, 1.82) is 0 Å². The van der Waals surface area contributed by atoms with Gasteiger partial charge in [-0.2, -0.15) is 0 Å². The molecule has 9 heteroatoms. The molecule has 1 N–H and O–H groups in total. The zero-order valence-corrected chi connectivity index (χ0v) is 19.7. The van der Waals surface area contributed by atoms with Gasteiger partial charge in [-0.25, -0.2) is 0 Å². The highest BCUT2D eigenvalue weighted by atomic mass is 35.5. The first-order valence-electron chi connectivity index (χ1n) is 9.85. The number of hydrogen-bond acceptors (Lipinski definition) is 6. The molecule has 0 aliphatic rings. The maximum absolute atomic E-state index is 13.2. The van der Waals surface area contributed by atoms with Crippen LogP contribution in [0, 0.1) is 0 Å². The summed E-state index contributed by atoms with van der Waals surface area (Å²) in [6.45, 7) is 3.71. The van der Waals surface area contributed by atoms with E-state index in [9.17, 15) is 4.79 Å². The summed E-state index contributed by atoms with van der Waals surface area (Å²) in [6.07, 6.45) is 0.546. The number of nitrogens with zero attached hydrogens (tertiary/aromatic N) is 3. The van der Waals surface area contributed by atoms with E-state index in [-0.39, 0.29) is 5.91 Å². The number of thioether (sulfide) groups is 1. The lowest BCUT2D eigenvalue weighted by Crippen LogP contribution is -2.32. The minimum atomic E-state index is -0.414. The number of ether oxygens (including phenoxy) is 2. The van der Waals surface area contributed by atoms with Gasteiger partial charge in [-0.15, -0.1) is 10.2 Å². The Labute approximate surface area is 196 Å². The Morgan fingerprint density at radius 3 is 2.59 bits per heavy atom. The Hall–Kier alpha value is -2.97. The summed E-state index contributed by atoms with van der Waals surface area (Å²) in [5.74, 6) is 1.91. The number of benzene rings is 2. The molecule has 1 heterocycles. The maximum Gasteiger partial charge on any atom is 0.255 e. The number of methoxy groups -OCH3 is 2. The monoisotopic (exact) mass is 472 g/mol. The van der Waals surface area contributed by atoms with Gasteiger partial charge in [0.05, 0.1) is 25.8 Å². The van der Waals surface area contributed by atoms with Gasteiger partial charge in [-0.05, 0) is 24.1 Å². The lowest BCUT2D eigenvalue weighted by atomic mass is 10.0. The second-order valence-electron chi connectivity index (χ2n) is 6.99. The molecule has 32 heavy (non-hydrogen) atoms. The standard InChI is InChI=1S/C23H25ClN4O3S/c1-15(24)14-32-23-27-26-21(28(23)2)19(12-16-8-6-5-7-9-16)25-22(29)18-11-10-17(30-3)13-20(18)31-4/h5-11,13,19H,1,12,14H2,2-4H3,(H,25,29)/t19-/m0/s1. The van der Waals surface area contributed by atoms with Crippen molar-refractivity contribution in [3.63, 3.8) is 0 Å². The minimum Gasteiger partial charge on any atom is -0.497 e. The molecule has 1 atom stereocenters. The predicted octanol–water partition coefficient (Wildman–Crippen LogP) is 4.39. The highest BCUT2D eigenvalue weighted by molar-refractivity contribution is 7.99. The molecule has 1 aromatic heterocycles. The molecule has 1 amide bonds. The van der Waals surface area contributed by atoms with E-state index in [4.69, 9.17) is 21.1 Å². The minimum absolute atomic E-state index is 0.281. The average molecular weight is 473 g/mol. The fourth-order valence-corrected chi connectivity index (χ4v) is 4.01. The van der Waals surface area contributed by atoms with Crippen LogP contribution < -0.4 is 14.8 Å². The SMILES string of the molecule is C=C(Cl)CSc1nnc([C@H](Cc2ccccc2)NC(=O)c2ccc(OC)cc2OC)n1C. The first kappa shape index (κ1) is 23.7. The largest absolute Gasteiger partial charge is 0.497 e. The summed E-state index contributed by atoms with van der Waals surface area (Å²) in [6, 6.07) is 14.6. The Kier molecular flexibility index (Phi) is 8.19. The molecule has 7 nitrogen and oxygen atoms in total. The van der Waals surface area contributed by atoms with Gasteiger partial charge in [0.25, 0.3) is 5.91 Å². The van der Waals surface area contributed by atoms with E-state index in [2.05, 4.69) is 22.1 Å². The number of rotatable bonds is 10.